The first-order valence-corrected chi connectivity index (χ1v) is 11.3. The summed E-state index contributed by atoms with van der Waals surface area (Å²) in [6.45, 7) is 3.82. The fourth-order valence-electron chi connectivity index (χ4n) is 5.31. The molecule has 0 spiro atoms. The number of likely N-dealkylation sites (tertiary alicyclic amines) is 2. The van der Waals surface area contributed by atoms with Gasteiger partial charge in [0.1, 0.15) is 6.04 Å². The Balaban J connectivity index is 1.53. The second-order valence-corrected chi connectivity index (χ2v) is 8.68. The minimum Gasteiger partial charge on any atom is -0.465 e. The van der Waals surface area contributed by atoms with Gasteiger partial charge < -0.3 is 19.3 Å². The van der Waals surface area contributed by atoms with Gasteiger partial charge in [-0.2, -0.15) is 5.26 Å². The van der Waals surface area contributed by atoms with Crippen molar-refractivity contribution in [2.24, 2.45) is 0 Å². The predicted octanol–water partition coefficient (Wildman–Crippen LogP) is 3.22. The number of ether oxygens (including phenoxy) is 1. The fourth-order valence-corrected chi connectivity index (χ4v) is 5.31. The Labute approximate surface area is 188 Å². The van der Waals surface area contributed by atoms with Crippen molar-refractivity contribution in [3.63, 3.8) is 0 Å². The van der Waals surface area contributed by atoms with Gasteiger partial charge in [0, 0.05) is 44.0 Å². The zero-order chi connectivity index (χ0) is 22.8. The van der Waals surface area contributed by atoms with Crippen LogP contribution in [-0.4, -0.2) is 69.9 Å². The summed E-state index contributed by atoms with van der Waals surface area (Å²) in [4.78, 5) is 28.0. The number of hydrogen-bond donors (Lipinski definition) is 1. The van der Waals surface area contributed by atoms with E-state index in [-0.39, 0.29) is 18.1 Å². The molecule has 3 heterocycles. The van der Waals surface area contributed by atoms with E-state index < -0.39 is 12.1 Å². The van der Waals surface area contributed by atoms with Crippen molar-refractivity contribution in [3.8, 4) is 6.07 Å². The van der Waals surface area contributed by atoms with Crippen LogP contribution >= 0.6 is 0 Å². The SMILES string of the molecule is CCn1c(CC[C@H]2C[C@H](OC)CN2C(=O)[C@H]2CCCN2C(=O)O)cc2ccc(C#N)cc21. The monoisotopic (exact) mass is 438 g/mol. The topological polar surface area (TPSA) is 98.8 Å². The van der Waals surface area contributed by atoms with Crippen molar-refractivity contribution in [2.45, 2.75) is 63.8 Å². The Kier molecular flexibility index (Phi) is 6.38. The highest BCUT2D eigenvalue weighted by Gasteiger charge is 2.42. The van der Waals surface area contributed by atoms with Crippen LogP contribution in [0, 0.1) is 11.3 Å². The number of carbonyl (C=O) groups is 2. The number of hydrogen-bond acceptors (Lipinski definition) is 4. The Bertz CT molecular complexity index is 1060. The van der Waals surface area contributed by atoms with Gasteiger partial charge in [-0.25, -0.2) is 4.79 Å². The molecule has 8 nitrogen and oxygen atoms in total. The first kappa shape index (κ1) is 22.2. The summed E-state index contributed by atoms with van der Waals surface area (Å²) in [6, 6.07) is 9.55. The molecule has 2 amide bonds. The maximum atomic E-state index is 13.3. The van der Waals surface area contributed by atoms with Crippen molar-refractivity contribution in [2.75, 3.05) is 20.2 Å². The van der Waals surface area contributed by atoms with Crippen molar-refractivity contribution in [1.29, 1.82) is 5.26 Å². The van der Waals surface area contributed by atoms with Gasteiger partial charge in [-0.05, 0) is 62.6 Å². The quantitative estimate of drug-likeness (QED) is 0.747. The molecule has 1 aromatic carbocycles. The first-order chi connectivity index (χ1) is 15.5. The zero-order valence-corrected chi connectivity index (χ0v) is 18.7. The van der Waals surface area contributed by atoms with Gasteiger partial charge in [0.05, 0.1) is 17.7 Å². The molecule has 0 unspecified atom stereocenters. The van der Waals surface area contributed by atoms with Crippen molar-refractivity contribution in [3.05, 3.63) is 35.5 Å². The Morgan fingerprint density at radius 2 is 2.09 bits per heavy atom. The molecule has 2 aromatic rings. The smallest absolute Gasteiger partial charge is 0.407 e. The van der Waals surface area contributed by atoms with E-state index in [9.17, 15) is 20.0 Å². The number of benzene rings is 1. The van der Waals surface area contributed by atoms with Gasteiger partial charge in [0.15, 0.2) is 0 Å². The van der Waals surface area contributed by atoms with Crippen LogP contribution in [0.1, 0.15) is 43.9 Å². The Hall–Kier alpha value is -3.05. The molecule has 8 heteroatoms. The molecule has 32 heavy (non-hydrogen) atoms. The van der Waals surface area contributed by atoms with Crippen molar-refractivity contribution < 1.29 is 19.4 Å². The molecule has 4 rings (SSSR count). The van der Waals surface area contributed by atoms with E-state index in [2.05, 4.69) is 23.6 Å². The number of rotatable bonds is 6. The molecule has 2 aliphatic rings. The van der Waals surface area contributed by atoms with Crippen LogP contribution in [0.5, 0.6) is 0 Å². The van der Waals surface area contributed by atoms with Gasteiger partial charge in [0.25, 0.3) is 0 Å². The summed E-state index contributed by atoms with van der Waals surface area (Å²) in [5.41, 5.74) is 2.88. The second kappa shape index (κ2) is 9.21. The number of amides is 2. The minimum atomic E-state index is -1.02. The van der Waals surface area contributed by atoms with E-state index in [0.29, 0.717) is 25.1 Å². The molecule has 3 atom stereocenters. The fraction of sp³-hybridized carbons (Fsp3) is 0.542. The van der Waals surface area contributed by atoms with Crippen LogP contribution in [-0.2, 0) is 22.5 Å². The summed E-state index contributed by atoms with van der Waals surface area (Å²) in [5, 5.41) is 19.8. The summed E-state index contributed by atoms with van der Waals surface area (Å²) in [7, 11) is 1.66. The molecule has 0 saturated carbocycles. The minimum absolute atomic E-state index is 0.0154. The number of carboxylic acid groups (broad SMARTS) is 1. The zero-order valence-electron chi connectivity index (χ0n) is 18.7. The molecular weight excluding hydrogens is 408 g/mol. The van der Waals surface area contributed by atoms with E-state index in [1.54, 1.807) is 7.11 Å². The van der Waals surface area contributed by atoms with Crippen LogP contribution in [0.2, 0.25) is 0 Å². The third kappa shape index (κ3) is 4.05. The lowest BCUT2D eigenvalue weighted by Crippen LogP contribution is -2.49. The number of aryl methyl sites for hydroxylation is 2. The highest BCUT2D eigenvalue weighted by atomic mass is 16.5. The summed E-state index contributed by atoms with van der Waals surface area (Å²) >= 11 is 0. The van der Waals surface area contributed by atoms with E-state index in [1.165, 1.54) is 10.6 Å². The molecule has 2 aliphatic heterocycles. The molecular formula is C24H30N4O4. The third-order valence-electron chi connectivity index (χ3n) is 6.95. The average Bonchev–Trinajstić information content (AvgIpc) is 3.52. The van der Waals surface area contributed by atoms with E-state index in [0.717, 1.165) is 43.1 Å². The Morgan fingerprint density at radius 1 is 1.28 bits per heavy atom. The summed E-state index contributed by atoms with van der Waals surface area (Å²) in [6.07, 6.45) is 2.58. The molecule has 0 bridgehead atoms. The highest BCUT2D eigenvalue weighted by molar-refractivity contribution is 5.86. The molecule has 2 fully saturated rings. The molecule has 0 aliphatic carbocycles. The molecule has 0 radical (unpaired) electrons. The average molecular weight is 439 g/mol. The van der Waals surface area contributed by atoms with E-state index in [1.807, 2.05) is 23.1 Å². The molecule has 2 saturated heterocycles. The lowest BCUT2D eigenvalue weighted by Gasteiger charge is -2.30. The predicted molar refractivity (Wildman–Crippen MR) is 119 cm³/mol. The van der Waals surface area contributed by atoms with Crippen LogP contribution in [0.4, 0.5) is 4.79 Å². The van der Waals surface area contributed by atoms with E-state index in [4.69, 9.17) is 4.74 Å². The normalized spacial score (nSPS) is 23.1. The standard InChI is InChI=1S/C24H30N4O4/c1-3-26-18(12-17-7-6-16(14-25)11-22(17)26)8-9-19-13-20(32-2)15-28(19)23(29)21-5-4-10-27(21)24(30)31/h6-7,11-12,19-21H,3-5,8-10,13,15H2,1-2H3,(H,30,31)/t19-,20-,21+/m0/s1. The lowest BCUT2D eigenvalue weighted by molar-refractivity contribution is -0.136. The second-order valence-electron chi connectivity index (χ2n) is 8.68. The van der Waals surface area contributed by atoms with Crippen LogP contribution in [0.15, 0.2) is 24.3 Å². The first-order valence-electron chi connectivity index (χ1n) is 11.3. The number of nitrogens with zero attached hydrogens (tertiary/aromatic N) is 4. The van der Waals surface area contributed by atoms with Crippen molar-refractivity contribution in [1.82, 2.24) is 14.4 Å². The molecule has 1 aromatic heterocycles. The van der Waals surface area contributed by atoms with Crippen molar-refractivity contribution >= 4 is 22.9 Å². The Morgan fingerprint density at radius 3 is 2.78 bits per heavy atom. The number of fused-ring (bicyclic) bond motifs is 1. The maximum absolute atomic E-state index is 13.3. The van der Waals surface area contributed by atoms with Gasteiger partial charge in [-0.1, -0.05) is 6.07 Å². The van der Waals surface area contributed by atoms with Crippen LogP contribution in [0.25, 0.3) is 10.9 Å². The third-order valence-corrected chi connectivity index (χ3v) is 6.95. The summed E-state index contributed by atoms with van der Waals surface area (Å²) < 4.78 is 7.80. The molecule has 1 N–H and O–H groups in total. The lowest BCUT2D eigenvalue weighted by atomic mass is 10.1. The number of nitriles is 1. The van der Waals surface area contributed by atoms with Crippen LogP contribution < -0.4 is 0 Å². The molecule has 170 valence electrons. The maximum Gasteiger partial charge on any atom is 0.407 e. The largest absolute Gasteiger partial charge is 0.465 e. The van der Waals surface area contributed by atoms with Gasteiger partial charge in [-0.3, -0.25) is 9.69 Å². The number of aromatic nitrogens is 1. The van der Waals surface area contributed by atoms with Gasteiger partial charge >= 0.3 is 6.09 Å². The summed E-state index contributed by atoms with van der Waals surface area (Å²) in [5.74, 6) is -0.0934. The number of methoxy groups -OCH3 is 1. The van der Waals surface area contributed by atoms with Gasteiger partial charge in [0.2, 0.25) is 5.91 Å². The highest BCUT2D eigenvalue weighted by Crippen LogP contribution is 2.30. The van der Waals surface area contributed by atoms with Gasteiger partial charge in [-0.15, -0.1) is 0 Å². The van der Waals surface area contributed by atoms with E-state index >= 15 is 0 Å². The van der Waals surface area contributed by atoms with Crippen LogP contribution in [0.3, 0.4) is 0 Å². The number of carbonyl (C=O) groups excluding carboxylic acids is 1.